The van der Waals surface area contributed by atoms with Crippen LogP contribution >= 0.6 is 0 Å². The van der Waals surface area contributed by atoms with Crippen molar-refractivity contribution in [3.05, 3.63) is 0 Å². The fraction of sp³-hybridized carbons (Fsp3) is 1.00. The zero-order valence-corrected chi connectivity index (χ0v) is 7.59. The van der Waals surface area contributed by atoms with Crippen molar-refractivity contribution in [2.75, 3.05) is 20.8 Å². The minimum atomic E-state index is -0.262. The number of hydrogen-bond donors (Lipinski definition) is 1. The van der Waals surface area contributed by atoms with E-state index in [0.717, 1.165) is 0 Å². The molecule has 0 heterocycles. The van der Waals surface area contributed by atoms with Crippen molar-refractivity contribution >= 4 is 0 Å². The summed E-state index contributed by atoms with van der Waals surface area (Å²) < 4.78 is 9.99. The van der Waals surface area contributed by atoms with Gasteiger partial charge in [0.25, 0.3) is 0 Å². The molecule has 0 rings (SSSR count). The number of methoxy groups -OCH3 is 2. The van der Waals surface area contributed by atoms with Crippen LogP contribution in [0.3, 0.4) is 0 Å². The molecule has 0 radical (unpaired) electrons. The van der Waals surface area contributed by atoms with Crippen LogP contribution in [0.4, 0.5) is 0 Å². The van der Waals surface area contributed by atoms with E-state index in [1.165, 1.54) is 0 Å². The van der Waals surface area contributed by atoms with Gasteiger partial charge in [-0.25, -0.2) is 0 Å². The molecule has 0 aliphatic heterocycles. The second kappa shape index (κ2) is 6.54. The van der Waals surface area contributed by atoms with Crippen molar-refractivity contribution in [1.82, 2.24) is 5.48 Å². The highest BCUT2D eigenvalue weighted by Gasteiger charge is 2.14. The topological polar surface area (TPSA) is 39.7 Å². The van der Waals surface area contributed by atoms with Crippen LogP contribution in [0.5, 0.6) is 0 Å². The molecule has 4 heteroatoms. The maximum atomic E-state index is 4.99. The summed E-state index contributed by atoms with van der Waals surface area (Å²) in [7, 11) is 3.19. The largest absolute Gasteiger partial charge is 0.354 e. The molecular formula is C7H17NO3. The predicted molar refractivity (Wildman–Crippen MR) is 42.0 cm³/mol. The highest BCUT2D eigenvalue weighted by atomic mass is 16.7. The number of nitrogens with one attached hydrogen (secondary N) is 1. The van der Waals surface area contributed by atoms with Gasteiger partial charge >= 0.3 is 0 Å². The summed E-state index contributed by atoms with van der Waals surface area (Å²) in [6.07, 6.45) is -0.262. The van der Waals surface area contributed by atoms with Crippen LogP contribution in [0, 0.1) is 0 Å². The zero-order valence-electron chi connectivity index (χ0n) is 7.59. The van der Waals surface area contributed by atoms with E-state index in [4.69, 9.17) is 14.3 Å². The summed E-state index contributed by atoms with van der Waals surface area (Å²) in [6.45, 7) is 4.46. The second-order valence-corrected chi connectivity index (χ2v) is 2.18. The molecule has 0 saturated carbocycles. The summed E-state index contributed by atoms with van der Waals surface area (Å²) in [6, 6.07) is 0.0324. The molecule has 0 bridgehead atoms. The summed E-state index contributed by atoms with van der Waals surface area (Å²) >= 11 is 0. The zero-order chi connectivity index (χ0) is 8.69. The minimum Gasteiger partial charge on any atom is -0.354 e. The van der Waals surface area contributed by atoms with Crippen LogP contribution in [0.15, 0.2) is 0 Å². The lowest BCUT2D eigenvalue weighted by atomic mass is 10.3. The Morgan fingerprint density at radius 3 is 2.18 bits per heavy atom. The van der Waals surface area contributed by atoms with Gasteiger partial charge in [-0.2, -0.15) is 5.48 Å². The van der Waals surface area contributed by atoms with Crippen molar-refractivity contribution in [3.8, 4) is 0 Å². The molecular weight excluding hydrogens is 146 g/mol. The van der Waals surface area contributed by atoms with Crippen molar-refractivity contribution in [2.24, 2.45) is 0 Å². The molecule has 0 aromatic heterocycles. The molecule has 0 fully saturated rings. The van der Waals surface area contributed by atoms with Gasteiger partial charge in [0, 0.05) is 14.2 Å². The molecule has 11 heavy (non-hydrogen) atoms. The molecule has 0 aromatic rings. The number of rotatable bonds is 6. The first-order chi connectivity index (χ1) is 5.26. The Morgan fingerprint density at radius 2 is 1.82 bits per heavy atom. The van der Waals surface area contributed by atoms with E-state index in [1.807, 2.05) is 13.8 Å². The Kier molecular flexibility index (Phi) is 6.45. The van der Waals surface area contributed by atoms with E-state index in [2.05, 4.69) is 5.48 Å². The third kappa shape index (κ3) is 4.31. The van der Waals surface area contributed by atoms with Crippen molar-refractivity contribution in [3.63, 3.8) is 0 Å². The third-order valence-electron chi connectivity index (χ3n) is 1.29. The highest BCUT2D eigenvalue weighted by molar-refractivity contribution is 4.57. The monoisotopic (exact) mass is 163 g/mol. The normalized spacial score (nSPS) is 13.9. The first kappa shape index (κ1) is 10.8. The second-order valence-electron chi connectivity index (χ2n) is 2.18. The van der Waals surface area contributed by atoms with Gasteiger partial charge in [0.15, 0.2) is 6.29 Å². The lowest BCUT2D eigenvalue weighted by Gasteiger charge is -2.21. The van der Waals surface area contributed by atoms with E-state index in [9.17, 15) is 0 Å². The van der Waals surface area contributed by atoms with Gasteiger partial charge in [0.1, 0.15) is 0 Å². The van der Waals surface area contributed by atoms with E-state index in [0.29, 0.717) is 6.61 Å². The van der Waals surface area contributed by atoms with Crippen molar-refractivity contribution in [2.45, 2.75) is 26.2 Å². The average Bonchev–Trinajstić information content (AvgIpc) is 2.03. The third-order valence-corrected chi connectivity index (χ3v) is 1.29. The Hall–Kier alpha value is -0.160. The van der Waals surface area contributed by atoms with Crippen molar-refractivity contribution in [1.29, 1.82) is 0 Å². The Balaban J connectivity index is 3.51. The molecule has 0 spiro atoms. The van der Waals surface area contributed by atoms with E-state index in [1.54, 1.807) is 14.2 Å². The van der Waals surface area contributed by atoms with Crippen LogP contribution in [0.2, 0.25) is 0 Å². The van der Waals surface area contributed by atoms with Crippen molar-refractivity contribution < 1.29 is 14.3 Å². The first-order valence-corrected chi connectivity index (χ1v) is 3.69. The predicted octanol–water partition coefficient (Wildman–Crippen LogP) is 0.535. The van der Waals surface area contributed by atoms with Gasteiger partial charge in [-0.15, -0.1) is 0 Å². The minimum absolute atomic E-state index is 0.0324. The van der Waals surface area contributed by atoms with Gasteiger partial charge in [0.05, 0.1) is 12.6 Å². The van der Waals surface area contributed by atoms with Crippen LogP contribution in [-0.4, -0.2) is 33.2 Å². The Labute approximate surface area is 67.8 Å². The molecule has 1 unspecified atom stereocenters. The Morgan fingerprint density at radius 1 is 1.27 bits per heavy atom. The quantitative estimate of drug-likeness (QED) is 0.458. The van der Waals surface area contributed by atoms with E-state index < -0.39 is 0 Å². The molecule has 1 N–H and O–H groups in total. The molecule has 0 aromatic carbocycles. The lowest BCUT2D eigenvalue weighted by Crippen LogP contribution is -2.39. The van der Waals surface area contributed by atoms with E-state index in [-0.39, 0.29) is 12.3 Å². The maximum absolute atomic E-state index is 4.99. The number of hydroxylamine groups is 1. The Bertz CT molecular complexity index is 85.8. The van der Waals surface area contributed by atoms with Crippen LogP contribution in [0.25, 0.3) is 0 Å². The average molecular weight is 163 g/mol. The van der Waals surface area contributed by atoms with Crippen LogP contribution < -0.4 is 5.48 Å². The first-order valence-electron chi connectivity index (χ1n) is 3.69. The summed E-state index contributed by atoms with van der Waals surface area (Å²) in [5.74, 6) is 0. The smallest absolute Gasteiger partial charge is 0.173 e. The van der Waals surface area contributed by atoms with Crippen LogP contribution in [0.1, 0.15) is 13.8 Å². The van der Waals surface area contributed by atoms with Gasteiger partial charge in [-0.3, -0.25) is 0 Å². The molecule has 0 amide bonds. The fourth-order valence-electron chi connectivity index (χ4n) is 0.775. The standard InChI is InChI=1S/C7H17NO3/c1-5-11-8-6(2)7(9-3)10-4/h6-8H,5H2,1-4H3. The molecule has 4 nitrogen and oxygen atoms in total. The van der Waals surface area contributed by atoms with Gasteiger partial charge in [-0.1, -0.05) is 0 Å². The molecule has 0 aliphatic carbocycles. The molecule has 0 aliphatic rings. The molecule has 68 valence electrons. The number of hydrogen-bond acceptors (Lipinski definition) is 4. The SMILES string of the molecule is CCONC(C)C(OC)OC. The maximum Gasteiger partial charge on any atom is 0.173 e. The molecule has 0 saturated heterocycles. The van der Waals surface area contributed by atoms with Gasteiger partial charge in [0.2, 0.25) is 0 Å². The van der Waals surface area contributed by atoms with E-state index >= 15 is 0 Å². The lowest BCUT2D eigenvalue weighted by molar-refractivity contribution is -0.145. The fourth-order valence-corrected chi connectivity index (χ4v) is 0.775. The molecule has 1 atom stereocenters. The summed E-state index contributed by atoms with van der Waals surface area (Å²) in [4.78, 5) is 4.97. The van der Waals surface area contributed by atoms with Gasteiger partial charge in [-0.05, 0) is 13.8 Å². The van der Waals surface area contributed by atoms with Crippen LogP contribution in [-0.2, 0) is 14.3 Å². The van der Waals surface area contributed by atoms with Gasteiger partial charge < -0.3 is 14.3 Å². The highest BCUT2D eigenvalue weighted by Crippen LogP contribution is 1.97. The summed E-state index contributed by atoms with van der Waals surface area (Å²) in [5.41, 5.74) is 2.78. The summed E-state index contributed by atoms with van der Waals surface area (Å²) in [5, 5.41) is 0. The number of ether oxygens (including phenoxy) is 2.